The van der Waals surface area contributed by atoms with E-state index in [2.05, 4.69) is 0 Å². The molecular weight excluding hydrogens is 198 g/mol. The maximum absolute atomic E-state index is 10.4. The van der Waals surface area contributed by atoms with Gasteiger partial charge in [0.1, 0.15) is 6.10 Å². The second kappa shape index (κ2) is 4.37. The Kier molecular flexibility index (Phi) is 2.94. The lowest BCUT2D eigenvalue weighted by atomic mass is 10.2. The average molecular weight is 209 g/mol. The summed E-state index contributed by atoms with van der Waals surface area (Å²) in [6, 6.07) is 6.36. The zero-order valence-corrected chi connectivity index (χ0v) is 8.09. The molecule has 1 aliphatic heterocycles. The molecule has 5 heteroatoms. The Morgan fingerprint density at radius 1 is 1.47 bits per heavy atom. The predicted octanol–water partition coefficient (Wildman–Crippen LogP) is 1.51. The molecule has 0 bridgehead atoms. The van der Waals surface area contributed by atoms with Crippen LogP contribution in [0.1, 0.15) is 5.56 Å². The van der Waals surface area contributed by atoms with Crippen LogP contribution in [0.5, 0.6) is 0 Å². The molecule has 1 aromatic rings. The van der Waals surface area contributed by atoms with Gasteiger partial charge in [-0.1, -0.05) is 0 Å². The summed E-state index contributed by atoms with van der Waals surface area (Å²) in [4.78, 5) is 9.97. The third-order valence-electron chi connectivity index (χ3n) is 2.12. The van der Waals surface area contributed by atoms with E-state index in [4.69, 9.17) is 9.47 Å². The summed E-state index contributed by atoms with van der Waals surface area (Å²) < 4.78 is 10.3. The lowest BCUT2D eigenvalue weighted by molar-refractivity contribution is -0.384. The first-order valence-electron chi connectivity index (χ1n) is 4.68. The number of hydrogen-bond acceptors (Lipinski definition) is 4. The van der Waals surface area contributed by atoms with Gasteiger partial charge in [-0.25, -0.2) is 0 Å². The molecule has 0 spiro atoms. The normalized spacial score (nSPS) is 18.8. The number of epoxide rings is 1. The van der Waals surface area contributed by atoms with E-state index in [-0.39, 0.29) is 11.8 Å². The quantitative estimate of drug-likeness (QED) is 0.419. The molecule has 15 heavy (non-hydrogen) atoms. The first-order valence-corrected chi connectivity index (χ1v) is 4.68. The Hall–Kier alpha value is -1.46. The van der Waals surface area contributed by atoms with Crippen molar-refractivity contribution in [2.45, 2.75) is 12.7 Å². The Balaban J connectivity index is 1.83. The summed E-state index contributed by atoms with van der Waals surface area (Å²) in [5, 5.41) is 10.4. The molecule has 1 heterocycles. The standard InChI is InChI=1S/C10H11NO4/c12-11(13)9-3-1-8(2-4-9)5-14-6-10-7-15-10/h1-4,10H,5-7H2/t10-/m0/s1. The van der Waals surface area contributed by atoms with Gasteiger partial charge in [-0.2, -0.15) is 0 Å². The molecule has 5 nitrogen and oxygen atoms in total. The number of rotatable bonds is 5. The predicted molar refractivity (Wildman–Crippen MR) is 52.5 cm³/mol. The van der Waals surface area contributed by atoms with Crippen molar-refractivity contribution in [3.05, 3.63) is 39.9 Å². The van der Waals surface area contributed by atoms with E-state index < -0.39 is 4.92 Å². The van der Waals surface area contributed by atoms with Crippen molar-refractivity contribution in [2.24, 2.45) is 0 Å². The maximum atomic E-state index is 10.4. The third kappa shape index (κ3) is 3.00. The largest absolute Gasteiger partial charge is 0.374 e. The molecule has 1 aliphatic rings. The molecule has 0 aliphatic carbocycles. The van der Waals surface area contributed by atoms with Crippen LogP contribution >= 0.6 is 0 Å². The number of benzene rings is 1. The lowest BCUT2D eigenvalue weighted by Gasteiger charge is -2.01. The van der Waals surface area contributed by atoms with Crippen LogP contribution in [0, 0.1) is 10.1 Å². The third-order valence-corrected chi connectivity index (χ3v) is 2.12. The summed E-state index contributed by atoms with van der Waals surface area (Å²) in [7, 11) is 0. The van der Waals surface area contributed by atoms with Gasteiger partial charge in [-0.3, -0.25) is 10.1 Å². The Bertz CT molecular complexity index is 345. The van der Waals surface area contributed by atoms with E-state index in [1.54, 1.807) is 12.1 Å². The van der Waals surface area contributed by atoms with E-state index in [1.807, 2.05) is 0 Å². The molecule has 0 saturated carbocycles. The Morgan fingerprint density at radius 3 is 2.67 bits per heavy atom. The van der Waals surface area contributed by atoms with Crippen molar-refractivity contribution in [1.82, 2.24) is 0 Å². The maximum Gasteiger partial charge on any atom is 0.269 e. The highest BCUT2D eigenvalue weighted by atomic mass is 16.6. The van der Waals surface area contributed by atoms with Gasteiger partial charge >= 0.3 is 0 Å². The number of nitro groups is 1. The molecule has 1 saturated heterocycles. The zero-order chi connectivity index (χ0) is 10.7. The van der Waals surface area contributed by atoms with E-state index in [9.17, 15) is 10.1 Å². The summed E-state index contributed by atoms with van der Waals surface area (Å²) in [6.07, 6.45) is 0.253. The number of nitrogens with zero attached hydrogens (tertiary/aromatic N) is 1. The van der Waals surface area contributed by atoms with Crippen molar-refractivity contribution < 1.29 is 14.4 Å². The van der Waals surface area contributed by atoms with E-state index >= 15 is 0 Å². The summed E-state index contributed by atoms with van der Waals surface area (Å²) in [6.45, 7) is 1.84. The van der Waals surface area contributed by atoms with Gasteiger partial charge < -0.3 is 9.47 Å². The summed E-state index contributed by atoms with van der Waals surface area (Å²) in [5.41, 5.74) is 1.03. The van der Waals surface area contributed by atoms with E-state index in [1.165, 1.54) is 12.1 Å². The van der Waals surface area contributed by atoms with Crippen LogP contribution in [0.25, 0.3) is 0 Å². The topological polar surface area (TPSA) is 64.9 Å². The molecular formula is C10H11NO4. The lowest BCUT2D eigenvalue weighted by Crippen LogP contribution is -2.01. The van der Waals surface area contributed by atoms with Gasteiger partial charge in [-0.15, -0.1) is 0 Å². The van der Waals surface area contributed by atoms with Crippen LogP contribution in [-0.2, 0) is 16.1 Å². The second-order valence-electron chi connectivity index (χ2n) is 3.39. The highest BCUT2D eigenvalue weighted by molar-refractivity contribution is 5.32. The summed E-state index contributed by atoms with van der Waals surface area (Å²) >= 11 is 0. The zero-order valence-electron chi connectivity index (χ0n) is 8.09. The number of hydrogen-bond donors (Lipinski definition) is 0. The monoisotopic (exact) mass is 209 g/mol. The van der Waals surface area contributed by atoms with Crippen molar-refractivity contribution >= 4 is 5.69 Å². The fourth-order valence-electron chi connectivity index (χ4n) is 1.19. The van der Waals surface area contributed by atoms with Crippen molar-refractivity contribution in [2.75, 3.05) is 13.2 Å². The number of ether oxygens (including phenoxy) is 2. The van der Waals surface area contributed by atoms with Crippen molar-refractivity contribution in [1.29, 1.82) is 0 Å². The minimum atomic E-state index is -0.414. The van der Waals surface area contributed by atoms with Gasteiger partial charge in [0.05, 0.1) is 24.7 Å². The second-order valence-corrected chi connectivity index (χ2v) is 3.39. The van der Waals surface area contributed by atoms with Crippen LogP contribution in [0.2, 0.25) is 0 Å². The molecule has 0 N–H and O–H groups in total. The molecule has 80 valence electrons. The molecule has 0 unspecified atom stereocenters. The van der Waals surface area contributed by atoms with Gasteiger partial charge in [0.15, 0.2) is 0 Å². The van der Waals surface area contributed by atoms with Crippen LogP contribution in [0.15, 0.2) is 24.3 Å². The van der Waals surface area contributed by atoms with E-state index in [0.29, 0.717) is 13.2 Å². The smallest absolute Gasteiger partial charge is 0.269 e. The number of non-ortho nitro benzene ring substituents is 1. The van der Waals surface area contributed by atoms with Gasteiger partial charge in [-0.05, 0) is 17.7 Å². The molecule has 0 aromatic heterocycles. The highest BCUT2D eigenvalue weighted by Gasteiger charge is 2.22. The minimum absolute atomic E-state index is 0.101. The van der Waals surface area contributed by atoms with Crippen LogP contribution in [0.3, 0.4) is 0 Å². The molecule has 1 atom stereocenters. The van der Waals surface area contributed by atoms with Gasteiger partial charge in [0.2, 0.25) is 0 Å². The van der Waals surface area contributed by atoms with Gasteiger partial charge in [0.25, 0.3) is 5.69 Å². The Labute approximate surface area is 86.8 Å². The fourth-order valence-corrected chi connectivity index (χ4v) is 1.19. The van der Waals surface area contributed by atoms with E-state index in [0.717, 1.165) is 12.2 Å². The first-order chi connectivity index (χ1) is 7.25. The molecule has 1 fully saturated rings. The molecule has 0 radical (unpaired) electrons. The van der Waals surface area contributed by atoms with Crippen molar-refractivity contribution in [3.8, 4) is 0 Å². The SMILES string of the molecule is O=[N+]([O-])c1ccc(COC[C@H]2CO2)cc1. The molecule has 2 rings (SSSR count). The van der Waals surface area contributed by atoms with Gasteiger partial charge in [0, 0.05) is 12.1 Å². The first kappa shape index (κ1) is 10.1. The molecule has 0 amide bonds. The molecule has 1 aromatic carbocycles. The van der Waals surface area contributed by atoms with Crippen LogP contribution in [0.4, 0.5) is 5.69 Å². The van der Waals surface area contributed by atoms with Crippen molar-refractivity contribution in [3.63, 3.8) is 0 Å². The van der Waals surface area contributed by atoms with Crippen LogP contribution < -0.4 is 0 Å². The number of nitro benzene ring substituents is 1. The minimum Gasteiger partial charge on any atom is -0.374 e. The average Bonchev–Trinajstić information content (AvgIpc) is 3.02. The Morgan fingerprint density at radius 2 is 2.13 bits per heavy atom. The van der Waals surface area contributed by atoms with Crippen LogP contribution in [-0.4, -0.2) is 24.2 Å². The fraction of sp³-hybridized carbons (Fsp3) is 0.400. The summed E-state index contributed by atoms with van der Waals surface area (Å²) in [5.74, 6) is 0. The highest BCUT2D eigenvalue weighted by Crippen LogP contribution is 2.14.